The lowest BCUT2D eigenvalue weighted by atomic mass is 10.1. The molecule has 106 valence electrons. The van der Waals surface area contributed by atoms with Crippen molar-refractivity contribution in [1.29, 1.82) is 0 Å². The van der Waals surface area contributed by atoms with Gasteiger partial charge in [-0.1, -0.05) is 11.6 Å². The van der Waals surface area contributed by atoms with Crippen molar-refractivity contribution in [1.82, 2.24) is 15.0 Å². The second-order valence-electron chi connectivity index (χ2n) is 5.52. The van der Waals surface area contributed by atoms with Gasteiger partial charge in [0.2, 0.25) is 0 Å². The first-order valence-corrected chi connectivity index (χ1v) is 7.35. The van der Waals surface area contributed by atoms with E-state index in [2.05, 4.69) is 15.0 Å². The smallest absolute Gasteiger partial charge is 0.0966 e. The maximum atomic E-state index is 6.12. The highest BCUT2D eigenvalue weighted by atomic mass is 35.5. The number of aromatic amines is 2. The van der Waals surface area contributed by atoms with E-state index < -0.39 is 0 Å². The van der Waals surface area contributed by atoms with Crippen LogP contribution < -0.4 is 5.73 Å². The van der Waals surface area contributed by atoms with Gasteiger partial charge in [-0.05, 0) is 36.4 Å². The fourth-order valence-electron chi connectivity index (χ4n) is 3.19. The second-order valence-corrected chi connectivity index (χ2v) is 5.95. The molecule has 0 spiro atoms. The van der Waals surface area contributed by atoms with Gasteiger partial charge in [-0.25, -0.2) is 0 Å². The van der Waals surface area contributed by atoms with Crippen LogP contribution >= 0.6 is 11.6 Å². The normalized spacial score (nSPS) is 12.0. The van der Waals surface area contributed by atoms with E-state index in [9.17, 15) is 0 Å². The number of hydrogen-bond donors (Lipinski definition) is 3. The van der Waals surface area contributed by atoms with Gasteiger partial charge in [-0.3, -0.25) is 4.98 Å². The molecule has 0 saturated carbocycles. The van der Waals surface area contributed by atoms with E-state index in [0.717, 1.165) is 49.4 Å². The highest BCUT2D eigenvalue weighted by molar-refractivity contribution is 6.32. The summed E-state index contributed by atoms with van der Waals surface area (Å²) in [4.78, 5) is 11.5. The van der Waals surface area contributed by atoms with Crippen LogP contribution in [0.25, 0.3) is 43.7 Å². The molecule has 2 aromatic carbocycles. The van der Waals surface area contributed by atoms with E-state index in [0.29, 0.717) is 5.02 Å². The van der Waals surface area contributed by atoms with Crippen molar-refractivity contribution >= 4 is 61.0 Å². The van der Waals surface area contributed by atoms with Crippen molar-refractivity contribution in [2.24, 2.45) is 0 Å². The van der Waals surface area contributed by atoms with Gasteiger partial charge in [-0.15, -0.1) is 0 Å². The number of nitrogens with one attached hydrogen (secondary N) is 2. The molecule has 0 radical (unpaired) electrons. The van der Waals surface area contributed by atoms with Gasteiger partial charge in [-0.2, -0.15) is 0 Å². The minimum absolute atomic E-state index is 0.707. The number of nitrogens with zero attached hydrogens (tertiary/aromatic N) is 1. The van der Waals surface area contributed by atoms with Crippen LogP contribution in [0.15, 0.2) is 42.6 Å². The van der Waals surface area contributed by atoms with Crippen molar-refractivity contribution in [3.8, 4) is 0 Å². The molecule has 22 heavy (non-hydrogen) atoms. The molecule has 0 aliphatic heterocycles. The van der Waals surface area contributed by atoms with Crippen LogP contribution in [-0.4, -0.2) is 15.0 Å². The van der Waals surface area contributed by atoms with E-state index in [1.54, 1.807) is 0 Å². The lowest BCUT2D eigenvalue weighted by Crippen LogP contribution is -1.82. The second kappa shape index (κ2) is 3.93. The number of benzene rings is 2. The quantitative estimate of drug-likeness (QED) is 0.366. The number of H-pyrrole nitrogens is 2. The van der Waals surface area contributed by atoms with E-state index in [4.69, 9.17) is 17.3 Å². The summed E-state index contributed by atoms with van der Waals surface area (Å²) in [7, 11) is 0. The first-order chi connectivity index (χ1) is 10.7. The Morgan fingerprint density at radius 2 is 1.73 bits per heavy atom. The first-order valence-electron chi connectivity index (χ1n) is 6.97. The number of anilines is 1. The van der Waals surface area contributed by atoms with Gasteiger partial charge in [0, 0.05) is 37.9 Å². The minimum Gasteiger partial charge on any atom is -0.399 e. The molecule has 0 aliphatic rings. The molecule has 3 heterocycles. The summed E-state index contributed by atoms with van der Waals surface area (Å²) in [6.07, 6.45) is 1.86. The molecular formula is C17H11ClN4. The summed E-state index contributed by atoms with van der Waals surface area (Å²) >= 11 is 6.12. The first kappa shape index (κ1) is 11.9. The number of fused-ring (bicyclic) bond motifs is 7. The van der Waals surface area contributed by atoms with Crippen molar-refractivity contribution in [3.63, 3.8) is 0 Å². The maximum absolute atomic E-state index is 6.12. The van der Waals surface area contributed by atoms with Gasteiger partial charge in [0.1, 0.15) is 0 Å². The van der Waals surface area contributed by atoms with E-state index in [-0.39, 0.29) is 0 Å². The fraction of sp³-hybridized carbons (Fsp3) is 0. The van der Waals surface area contributed by atoms with Gasteiger partial charge in [0.25, 0.3) is 0 Å². The molecule has 0 aliphatic carbocycles. The molecule has 0 atom stereocenters. The average Bonchev–Trinajstić information content (AvgIpc) is 3.04. The summed E-state index contributed by atoms with van der Waals surface area (Å²) < 4.78 is 0. The van der Waals surface area contributed by atoms with Crippen LogP contribution in [0.5, 0.6) is 0 Å². The SMILES string of the molecule is Nc1ccc2[nH]c3cnc4c5cc(Cl)ccc5[nH]c4c3c2c1. The van der Waals surface area contributed by atoms with Gasteiger partial charge < -0.3 is 15.7 Å². The Morgan fingerprint density at radius 1 is 0.909 bits per heavy atom. The largest absolute Gasteiger partial charge is 0.399 e. The molecule has 0 saturated heterocycles. The molecule has 0 unspecified atom stereocenters. The zero-order valence-electron chi connectivity index (χ0n) is 11.4. The maximum Gasteiger partial charge on any atom is 0.0966 e. The van der Waals surface area contributed by atoms with Gasteiger partial charge in [0.15, 0.2) is 0 Å². The van der Waals surface area contributed by atoms with Gasteiger partial charge in [0.05, 0.1) is 22.7 Å². The molecule has 0 fully saturated rings. The molecular weight excluding hydrogens is 296 g/mol. The Balaban J connectivity index is 2.08. The van der Waals surface area contributed by atoms with E-state index in [1.165, 1.54) is 0 Å². The van der Waals surface area contributed by atoms with E-state index >= 15 is 0 Å². The summed E-state index contributed by atoms with van der Waals surface area (Å²) in [6.45, 7) is 0. The Kier molecular flexibility index (Phi) is 2.12. The predicted molar refractivity (Wildman–Crippen MR) is 92.4 cm³/mol. The van der Waals surface area contributed by atoms with Crippen molar-refractivity contribution in [3.05, 3.63) is 47.6 Å². The van der Waals surface area contributed by atoms with Crippen LogP contribution in [0.2, 0.25) is 5.02 Å². The number of halogens is 1. The molecule has 3 aromatic heterocycles. The molecule has 5 rings (SSSR count). The molecule has 4 nitrogen and oxygen atoms in total. The zero-order chi connectivity index (χ0) is 14.8. The summed E-state index contributed by atoms with van der Waals surface area (Å²) in [5, 5.41) is 3.95. The van der Waals surface area contributed by atoms with Crippen molar-refractivity contribution in [2.45, 2.75) is 0 Å². The summed E-state index contributed by atoms with van der Waals surface area (Å²) in [6, 6.07) is 11.7. The van der Waals surface area contributed by atoms with Crippen LogP contribution in [0.3, 0.4) is 0 Å². The molecule has 0 amide bonds. The zero-order valence-corrected chi connectivity index (χ0v) is 12.2. The minimum atomic E-state index is 0.707. The number of nitrogens with two attached hydrogens (primary N) is 1. The molecule has 5 heteroatoms. The number of aromatic nitrogens is 3. The lowest BCUT2D eigenvalue weighted by molar-refractivity contribution is 1.42. The number of rotatable bonds is 0. The van der Waals surface area contributed by atoms with Crippen LogP contribution in [0.1, 0.15) is 0 Å². The Bertz CT molecular complexity index is 1200. The summed E-state index contributed by atoms with van der Waals surface area (Å²) in [5.74, 6) is 0. The van der Waals surface area contributed by atoms with Crippen LogP contribution in [-0.2, 0) is 0 Å². The lowest BCUT2D eigenvalue weighted by Gasteiger charge is -1.96. The summed E-state index contributed by atoms with van der Waals surface area (Å²) in [5.41, 5.74) is 11.7. The molecule has 5 aromatic rings. The third-order valence-corrected chi connectivity index (χ3v) is 4.39. The van der Waals surface area contributed by atoms with Gasteiger partial charge >= 0.3 is 0 Å². The number of pyridine rings is 1. The van der Waals surface area contributed by atoms with E-state index in [1.807, 2.05) is 42.6 Å². The Morgan fingerprint density at radius 3 is 2.64 bits per heavy atom. The molecule has 4 N–H and O–H groups in total. The van der Waals surface area contributed by atoms with Crippen LogP contribution in [0, 0.1) is 0 Å². The monoisotopic (exact) mass is 306 g/mol. The number of hydrogen-bond acceptors (Lipinski definition) is 2. The Labute approximate surface area is 129 Å². The average molecular weight is 307 g/mol. The topological polar surface area (TPSA) is 70.5 Å². The highest BCUT2D eigenvalue weighted by Gasteiger charge is 2.13. The van der Waals surface area contributed by atoms with Crippen LogP contribution in [0.4, 0.5) is 5.69 Å². The highest BCUT2D eigenvalue weighted by Crippen LogP contribution is 2.35. The number of nitrogen functional groups attached to an aromatic ring is 1. The predicted octanol–water partition coefficient (Wildman–Crippen LogP) is 4.59. The van der Waals surface area contributed by atoms with Crippen molar-refractivity contribution in [2.75, 3.05) is 5.73 Å². The molecule has 0 bridgehead atoms. The standard InChI is InChI=1S/C17H11ClN4/c18-8-1-3-13-11(5-8)16-17(22-13)15-10-6-9(19)2-4-12(10)21-14(15)7-20-16/h1-7,21-22H,19H2. The van der Waals surface area contributed by atoms with Crippen molar-refractivity contribution < 1.29 is 0 Å². The Hall–Kier alpha value is -2.72. The third kappa shape index (κ3) is 1.45. The third-order valence-electron chi connectivity index (χ3n) is 4.16. The fourth-order valence-corrected chi connectivity index (χ4v) is 3.36.